The van der Waals surface area contributed by atoms with Crippen molar-refractivity contribution in [1.29, 1.82) is 0 Å². The van der Waals surface area contributed by atoms with Gasteiger partial charge >= 0.3 is 0 Å². The standard InChI is InChI=1S/C18H20FN3O/c1-23-17-4-2-3-16(12-17)22-18(11-15(21-22)9-10-20)13-5-7-14(19)8-6-13/h2-8,12,18H,9-11,20H2,1H3. The van der Waals surface area contributed by atoms with Gasteiger partial charge in [0.25, 0.3) is 0 Å². The first-order valence-corrected chi connectivity index (χ1v) is 7.66. The van der Waals surface area contributed by atoms with E-state index in [1.807, 2.05) is 41.4 Å². The molecule has 120 valence electrons. The van der Waals surface area contributed by atoms with Crippen molar-refractivity contribution in [2.45, 2.75) is 18.9 Å². The Kier molecular flexibility index (Phi) is 4.57. The summed E-state index contributed by atoms with van der Waals surface area (Å²) in [5.41, 5.74) is 8.72. The van der Waals surface area contributed by atoms with E-state index in [9.17, 15) is 4.39 Å². The summed E-state index contributed by atoms with van der Waals surface area (Å²) in [6.45, 7) is 0.570. The number of hydrogen-bond acceptors (Lipinski definition) is 4. The Balaban J connectivity index is 1.95. The maximum Gasteiger partial charge on any atom is 0.123 e. The first kappa shape index (κ1) is 15.5. The molecule has 23 heavy (non-hydrogen) atoms. The summed E-state index contributed by atoms with van der Waals surface area (Å²) in [6, 6.07) is 14.4. The highest BCUT2D eigenvalue weighted by Gasteiger charge is 2.28. The Morgan fingerprint density at radius 2 is 2.04 bits per heavy atom. The number of nitrogens with zero attached hydrogens (tertiary/aromatic N) is 2. The lowest BCUT2D eigenvalue weighted by molar-refractivity contribution is 0.414. The zero-order valence-corrected chi connectivity index (χ0v) is 13.1. The fourth-order valence-corrected chi connectivity index (χ4v) is 2.83. The van der Waals surface area contributed by atoms with E-state index in [0.29, 0.717) is 6.54 Å². The smallest absolute Gasteiger partial charge is 0.123 e. The lowest BCUT2D eigenvalue weighted by atomic mass is 10.0. The second-order valence-electron chi connectivity index (χ2n) is 5.52. The molecule has 1 atom stereocenters. The van der Waals surface area contributed by atoms with E-state index in [0.717, 1.165) is 35.6 Å². The minimum absolute atomic E-state index is 0.0456. The van der Waals surface area contributed by atoms with E-state index in [4.69, 9.17) is 15.6 Å². The number of hydrogen-bond donors (Lipinski definition) is 1. The molecule has 0 aromatic heterocycles. The highest BCUT2D eigenvalue weighted by molar-refractivity contribution is 5.89. The molecule has 0 radical (unpaired) electrons. The van der Waals surface area contributed by atoms with E-state index in [1.165, 1.54) is 12.1 Å². The summed E-state index contributed by atoms with van der Waals surface area (Å²) < 4.78 is 18.5. The fraction of sp³-hybridized carbons (Fsp3) is 0.278. The summed E-state index contributed by atoms with van der Waals surface area (Å²) in [7, 11) is 1.64. The van der Waals surface area contributed by atoms with Crippen LogP contribution in [0.1, 0.15) is 24.4 Å². The van der Waals surface area contributed by atoms with Gasteiger partial charge in [0.15, 0.2) is 0 Å². The second kappa shape index (κ2) is 6.79. The van der Waals surface area contributed by atoms with Crippen LogP contribution < -0.4 is 15.5 Å². The average Bonchev–Trinajstić information content (AvgIpc) is 3.00. The predicted octanol–water partition coefficient (Wildman–Crippen LogP) is 3.49. The molecule has 1 aliphatic heterocycles. The van der Waals surface area contributed by atoms with Gasteiger partial charge in [-0.05, 0) is 42.8 Å². The molecule has 0 saturated carbocycles. The van der Waals surface area contributed by atoms with Crippen LogP contribution in [0, 0.1) is 5.82 Å². The zero-order valence-electron chi connectivity index (χ0n) is 13.1. The van der Waals surface area contributed by atoms with Crippen molar-refractivity contribution in [3.8, 4) is 5.75 Å². The summed E-state index contributed by atoms with van der Waals surface area (Å²) in [4.78, 5) is 0. The van der Waals surface area contributed by atoms with E-state index in [2.05, 4.69) is 0 Å². The van der Waals surface area contributed by atoms with Gasteiger partial charge in [-0.15, -0.1) is 0 Å². The quantitative estimate of drug-likeness (QED) is 0.919. The van der Waals surface area contributed by atoms with Crippen molar-refractivity contribution < 1.29 is 9.13 Å². The monoisotopic (exact) mass is 313 g/mol. The molecule has 2 aromatic carbocycles. The van der Waals surface area contributed by atoms with Crippen molar-refractivity contribution in [1.82, 2.24) is 0 Å². The maximum absolute atomic E-state index is 13.2. The molecule has 0 saturated heterocycles. The van der Waals surface area contributed by atoms with Crippen LogP contribution in [0.15, 0.2) is 53.6 Å². The summed E-state index contributed by atoms with van der Waals surface area (Å²) in [6.07, 6.45) is 1.55. The first-order chi connectivity index (χ1) is 11.2. The molecule has 3 rings (SSSR count). The van der Waals surface area contributed by atoms with Crippen LogP contribution in [0.2, 0.25) is 0 Å². The van der Waals surface area contributed by atoms with Crippen molar-refractivity contribution in [2.75, 3.05) is 18.7 Å². The van der Waals surface area contributed by atoms with Gasteiger partial charge in [-0.25, -0.2) is 4.39 Å². The largest absolute Gasteiger partial charge is 0.497 e. The summed E-state index contributed by atoms with van der Waals surface area (Å²) >= 11 is 0. The molecule has 0 fully saturated rings. The third kappa shape index (κ3) is 3.35. The molecule has 0 amide bonds. The Morgan fingerprint density at radius 1 is 1.26 bits per heavy atom. The van der Waals surface area contributed by atoms with Crippen molar-refractivity contribution in [2.24, 2.45) is 10.8 Å². The van der Waals surface area contributed by atoms with Gasteiger partial charge in [0, 0.05) is 18.2 Å². The summed E-state index contributed by atoms with van der Waals surface area (Å²) in [5.74, 6) is 0.547. The minimum Gasteiger partial charge on any atom is -0.497 e. The van der Waals surface area contributed by atoms with E-state index < -0.39 is 0 Å². The lowest BCUT2D eigenvalue weighted by Gasteiger charge is -2.24. The number of benzene rings is 2. The third-order valence-electron chi connectivity index (χ3n) is 3.98. The van der Waals surface area contributed by atoms with Crippen molar-refractivity contribution in [3.05, 3.63) is 59.9 Å². The molecular weight excluding hydrogens is 293 g/mol. The van der Waals surface area contributed by atoms with Crippen LogP contribution in [0.3, 0.4) is 0 Å². The molecule has 0 aliphatic carbocycles. The maximum atomic E-state index is 13.2. The first-order valence-electron chi connectivity index (χ1n) is 7.66. The number of rotatable bonds is 5. The molecular formula is C18H20FN3O. The highest BCUT2D eigenvalue weighted by atomic mass is 19.1. The second-order valence-corrected chi connectivity index (χ2v) is 5.52. The van der Waals surface area contributed by atoms with E-state index in [-0.39, 0.29) is 11.9 Å². The molecule has 5 heteroatoms. The van der Waals surface area contributed by atoms with Crippen LogP contribution >= 0.6 is 0 Å². The summed E-state index contributed by atoms with van der Waals surface area (Å²) in [5, 5.41) is 6.70. The highest BCUT2D eigenvalue weighted by Crippen LogP contribution is 2.36. The van der Waals surface area contributed by atoms with Gasteiger partial charge in [-0.2, -0.15) is 5.10 Å². The molecule has 4 nitrogen and oxygen atoms in total. The molecule has 1 heterocycles. The zero-order chi connectivity index (χ0) is 16.2. The Morgan fingerprint density at radius 3 is 2.74 bits per heavy atom. The normalized spacial score (nSPS) is 17.3. The molecule has 0 bridgehead atoms. The minimum atomic E-state index is -0.234. The van der Waals surface area contributed by atoms with Crippen LogP contribution in [0.5, 0.6) is 5.75 Å². The molecule has 1 unspecified atom stereocenters. The van der Waals surface area contributed by atoms with Gasteiger partial charge in [-0.1, -0.05) is 18.2 Å². The van der Waals surface area contributed by atoms with Gasteiger partial charge in [0.1, 0.15) is 11.6 Å². The average molecular weight is 313 g/mol. The molecule has 1 aliphatic rings. The Bertz CT molecular complexity index is 700. The van der Waals surface area contributed by atoms with E-state index in [1.54, 1.807) is 7.11 Å². The lowest BCUT2D eigenvalue weighted by Crippen LogP contribution is -2.18. The van der Waals surface area contributed by atoms with Crippen molar-refractivity contribution in [3.63, 3.8) is 0 Å². The number of methoxy groups -OCH3 is 1. The number of nitrogens with two attached hydrogens (primary N) is 1. The number of halogens is 1. The molecule has 0 spiro atoms. The number of ether oxygens (including phenoxy) is 1. The number of hydrazone groups is 1. The Hall–Kier alpha value is -2.40. The van der Waals surface area contributed by atoms with Gasteiger partial charge in [-0.3, -0.25) is 5.01 Å². The topological polar surface area (TPSA) is 50.8 Å². The van der Waals surface area contributed by atoms with Gasteiger partial charge < -0.3 is 10.5 Å². The van der Waals surface area contributed by atoms with Crippen LogP contribution in [-0.2, 0) is 0 Å². The van der Waals surface area contributed by atoms with Gasteiger partial charge in [0.05, 0.1) is 18.8 Å². The predicted molar refractivity (Wildman–Crippen MR) is 90.3 cm³/mol. The Labute approximate surface area is 135 Å². The molecule has 2 aromatic rings. The van der Waals surface area contributed by atoms with Gasteiger partial charge in [0.2, 0.25) is 0 Å². The van der Waals surface area contributed by atoms with Crippen LogP contribution in [0.25, 0.3) is 0 Å². The third-order valence-corrected chi connectivity index (χ3v) is 3.98. The number of anilines is 1. The SMILES string of the molecule is COc1cccc(N2N=C(CCN)CC2c2ccc(F)cc2)c1. The van der Waals surface area contributed by atoms with Crippen LogP contribution in [-0.4, -0.2) is 19.4 Å². The molecule has 2 N–H and O–H groups in total. The van der Waals surface area contributed by atoms with E-state index >= 15 is 0 Å². The fourth-order valence-electron chi connectivity index (χ4n) is 2.83. The van der Waals surface area contributed by atoms with Crippen LogP contribution in [0.4, 0.5) is 10.1 Å². The van der Waals surface area contributed by atoms with Crippen molar-refractivity contribution >= 4 is 11.4 Å².